The zero-order valence-electron chi connectivity index (χ0n) is 10.8. The van der Waals surface area contributed by atoms with Gasteiger partial charge in [0.15, 0.2) is 5.78 Å². The number of ketones is 1. The molecule has 2 heteroatoms. The van der Waals surface area contributed by atoms with Crippen molar-refractivity contribution in [1.29, 1.82) is 0 Å². The number of hydrogen-bond acceptors (Lipinski definition) is 2. The molecule has 2 nitrogen and oxygen atoms in total. The topological polar surface area (TPSA) is 26.3 Å². The van der Waals surface area contributed by atoms with E-state index in [1.165, 1.54) is 0 Å². The van der Waals surface area contributed by atoms with Crippen LogP contribution in [0.25, 0.3) is 0 Å². The molecule has 17 heavy (non-hydrogen) atoms. The molecule has 0 aromatic heterocycles. The maximum absolute atomic E-state index is 11.9. The Labute approximate surface area is 103 Å². The van der Waals surface area contributed by atoms with Gasteiger partial charge in [-0.2, -0.15) is 0 Å². The van der Waals surface area contributed by atoms with Crippen molar-refractivity contribution >= 4 is 5.78 Å². The van der Waals surface area contributed by atoms with E-state index >= 15 is 0 Å². The van der Waals surface area contributed by atoms with Gasteiger partial charge in [-0.15, -0.1) is 0 Å². The van der Waals surface area contributed by atoms with Crippen LogP contribution in [-0.4, -0.2) is 12.4 Å². The third-order valence-corrected chi connectivity index (χ3v) is 3.11. The summed E-state index contributed by atoms with van der Waals surface area (Å²) in [4.78, 5) is 11.9. The smallest absolute Gasteiger partial charge is 0.168 e. The van der Waals surface area contributed by atoms with Crippen molar-refractivity contribution < 1.29 is 9.53 Å². The second-order valence-corrected chi connectivity index (χ2v) is 4.81. The van der Waals surface area contributed by atoms with Gasteiger partial charge in [-0.3, -0.25) is 4.79 Å². The van der Waals surface area contributed by atoms with Crippen LogP contribution in [0.4, 0.5) is 0 Å². The minimum absolute atomic E-state index is 0.0703. The summed E-state index contributed by atoms with van der Waals surface area (Å²) in [7, 11) is 0. The minimum Gasteiger partial charge on any atom is -0.369 e. The molecule has 0 aliphatic carbocycles. The molecule has 0 bridgehead atoms. The maximum atomic E-state index is 11.9. The van der Waals surface area contributed by atoms with E-state index in [4.69, 9.17) is 4.74 Å². The molecule has 0 aliphatic rings. The summed E-state index contributed by atoms with van der Waals surface area (Å²) in [5.74, 6) is 0.0703. The zero-order valence-corrected chi connectivity index (χ0v) is 10.8. The molecule has 0 amide bonds. The van der Waals surface area contributed by atoms with E-state index in [0.717, 1.165) is 11.1 Å². The Balaban J connectivity index is 2.42. The van der Waals surface area contributed by atoms with Crippen LogP contribution in [0.1, 0.15) is 26.3 Å². The summed E-state index contributed by atoms with van der Waals surface area (Å²) in [6.07, 6.45) is 0. The molecule has 0 atom stereocenters. The highest BCUT2D eigenvalue weighted by atomic mass is 16.5. The first-order valence-corrected chi connectivity index (χ1v) is 5.75. The molecule has 0 aliphatic heterocycles. The van der Waals surface area contributed by atoms with Crippen molar-refractivity contribution in [2.24, 2.45) is 5.41 Å². The third kappa shape index (κ3) is 3.82. The highest BCUT2D eigenvalue weighted by molar-refractivity contribution is 5.87. The van der Waals surface area contributed by atoms with Crippen LogP contribution in [-0.2, 0) is 16.1 Å². The summed E-state index contributed by atoms with van der Waals surface area (Å²) < 4.78 is 5.43. The molecule has 1 aromatic carbocycles. The highest BCUT2D eigenvalue weighted by Crippen LogP contribution is 2.25. The number of hydrogen-bond donors (Lipinski definition) is 0. The van der Waals surface area contributed by atoms with Gasteiger partial charge in [0.2, 0.25) is 0 Å². The van der Waals surface area contributed by atoms with Crippen LogP contribution in [0.15, 0.2) is 42.5 Å². The summed E-state index contributed by atoms with van der Waals surface area (Å²) in [6, 6.07) is 9.83. The van der Waals surface area contributed by atoms with Gasteiger partial charge < -0.3 is 4.74 Å². The monoisotopic (exact) mass is 232 g/mol. The quantitative estimate of drug-likeness (QED) is 0.703. The van der Waals surface area contributed by atoms with Crippen LogP contribution in [0.5, 0.6) is 0 Å². The molecule has 0 fully saturated rings. The lowest BCUT2D eigenvalue weighted by Crippen LogP contribution is -2.29. The van der Waals surface area contributed by atoms with Crippen LogP contribution < -0.4 is 0 Å². The van der Waals surface area contributed by atoms with Crippen LogP contribution in [0.2, 0.25) is 0 Å². The molecule has 0 radical (unpaired) electrons. The number of carbonyl (C=O) groups excluding carboxylic acids is 1. The Morgan fingerprint density at radius 2 is 1.88 bits per heavy atom. The Morgan fingerprint density at radius 1 is 1.29 bits per heavy atom. The van der Waals surface area contributed by atoms with Crippen LogP contribution in [0, 0.1) is 5.41 Å². The van der Waals surface area contributed by atoms with Crippen molar-refractivity contribution in [3.05, 3.63) is 48.0 Å². The Morgan fingerprint density at radius 3 is 2.41 bits per heavy atom. The van der Waals surface area contributed by atoms with Gasteiger partial charge in [0.25, 0.3) is 0 Å². The van der Waals surface area contributed by atoms with Crippen molar-refractivity contribution in [1.82, 2.24) is 0 Å². The second kappa shape index (κ2) is 5.78. The van der Waals surface area contributed by atoms with E-state index in [0.29, 0.717) is 6.61 Å². The Hall–Kier alpha value is -1.41. The van der Waals surface area contributed by atoms with E-state index < -0.39 is 5.41 Å². The molecule has 0 saturated heterocycles. The third-order valence-electron chi connectivity index (χ3n) is 3.11. The fraction of sp³-hybridized carbons (Fsp3) is 0.400. The van der Waals surface area contributed by atoms with Crippen molar-refractivity contribution in [3.8, 4) is 0 Å². The molecule has 0 spiro atoms. The fourth-order valence-corrected chi connectivity index (χ4v) is 1.25. The molecular formula is C15H20O2. The lowest BCUT2D eigenvalue weighted by atomic mass is 9.82. The van der Waals surface area contributed by atoms with Crippen molar-refractivity contribution in [3.63, 3.8) is 0 Å². The fourth-order valence-electron chi connectivity index (χ4n) is 1.25. The van der Waals surface area contributed by atoms with E-state index in [9.17, 15) is 4.79 Å². The molecule has 0 N–H and O–H groups in total. The van der Waals surface area contributed by atoms with E-state index in [-0.39, 0.29) is 12.4 Å². The number of rotatable bonds is 6. The first-order chi connectivity index (χ1) is 7.94. The van der Waals surface area contributed by atoms with Gasteiger partial charge in [-0.1, -0.05) is 42.5 Å². The van der Waals surface area contributed by atoms with E-state index in [2.05, 4.69) is 6.58 Å². The normalized spacial score (nSPS) is 11.2. The predicted octanol–water partition coefficient (Wildman–Crippen LogP) is 3.37. The number of carbonyl (C=O) groups is 1. The molecule has 0 heterocycles. The second-order valence-electron chi connectivity index (χ2n) is 4.81. The molecule has 0 unspecified atom stereocenters. The average Bonchev–Trinajstić information content (AvgIpc) is 2.30. The first-order valence-electron chi connectivity index (χ1n) is 5.75. The number of ether oxygens (including phenoxy) is 1. The van der Waals surface area contributed by atoms with E-state index in [1.54, 1.807) is 0 Å². The summed E-state index contributed by atoms with van der Waals surface area (Å²) in [5, 5.41) is 0. The van der Waals surface area contributed by atoms with Gasteiger partial charge in [-0.25, -0.2) is 0 Å². The lowest BCUT2D eigenvalue weighted by Gasteiger charge is -2.23. The summed E-state index contributed by atoms with van der Waals surface area (Å²) >= 11 is 0. The lowest BCUT2D eigenvalue weighted by molar-refractivity contribution is -0.130. The SMILES string of the molecule is C=C(C)C(C)(C)C(=O)COCc1ccccc1. The van der Waals surface area contributed by atoms with Gasteiger partial charge >= 0.3 is 0 Å². The molecule has 92 valence electrons. The predicted molar refractivity (Wildman–Crippen MR) is 69.7 cm³/mol. The Bertz CT molecular complexity index is 391. The highest BCUT2D eigenvalue weighted by Gasteiger charge is 2.27. The average molecular weight is 232 g/mol. The molecular weight excluding hydrogens is 212 g/mol. The first kappa shape index (κ1) is 13.7. The van der Waals surface area contributed by atoms with Crippen LogP contribution in [0.3, 0.4) is 0 Å². The summed E-state index contributed by atoms with van der Waals surface area (Å²) in [6.45, 7) is 10.1. The number of benzene rings is 1. The molecule has 1 rings (SSSR count). The molecule has 1 aromatic rings. The number of Topliss-reactive ketones (excluding diaryl/α,β-unsaturated/α-hetero) is 1. The standard InChI is InChI=1S/C15H20O2/c1-12(2)15(3,4)14(16)11-17-10-13-8-6-5-7-9-13/h5-9H,1,10-11H2,2-4H3. The van der Waals surface area contributed by atoms with Crippen molar-refractivity contribution in [2.75, 3.05) is 6.61 Å². The Kier molecular flexibility index (Phi) is 4.64. The van der Waals surface area contributed by atoms with Gasteiger partial charge in [0.05, 0.1) is 6.61 Å². The van der Waals surface area contributed by atoms with Gasteiger partial charge in [0.1, 0.15) is 6.61 Å². The zero-order chi connectivity index (χ0) is 12.9. The largest absolute Gasteiger partial charge is 0.369 e. The maximum Gasteiger partial charge on any atom is 0.168 e. The summed E-state index contributed by atoms with van der Waals surface area (Å²) in [5.41, 5.74) is 1.44. The minimum atomic E-state index is -0.503. The van der Waals surface area contributed by atoms with Gasteiger partial charge in [-0.05, 0) is 26.3 Å². The van der Waals surface area contributed by atoms with E-state index in [1.807, 2.05) is 51.1 Å². The van der Waals surface area contributed by atoms with Gasteiger partial charge in [0, 0.05) is 5.41 Å². The van der Waals surface area contributed by atoms with Crippen molar-refractivity contribution in [2.45, 2.75) is 27.4 Å². The number of allylic oxidation sites excluding steroid dienone is 1. The van der Waals surface area contributed by atoms with Crippen LogP contribution >= 0.6 is 0 Å². The molecule has 0 saturated carbocycles.